The molecule has 0 spiro atoms. The molecule has 3 nitrogen and oxygen atoms in total. The molecule has 0 aliphatic rings. The third kappa shape index (κ3) is 4.51. The topological polar surface area (TPSA) is 55.1 Å². The number of aryl methyl sites for hydroxylation is 1. The second kappa shape index (κ2) is 7.51. The summed E-state index contributed by atoms with van der Waals surface area (Å²) in [6.45, 7) is 8.60. The molecule has 3 N–H and O–H groups in total. The first-order valence-electron chi connectivity index (χ1n) is 6.57. The number of rotatable bonds is 5. The molecule has 0 saturated heterocycles. The number of hydrogen-bond acceptors (Lipinski definition) is 2. The number of nitrogens with two attached hydrogens (primary N) is 1. The van der Waals surface area contributed by atoms with E-state index in [0.717, 1.165) is 29.5 Å². The molecule has 0 aliphatic carbocycles. The van der Waals surface area contributed by atoms with Crippen LogP contribution in [0.3, 0.4) is 0 Å². The molecule has 1 rings (SSSR count). The van der Waals surface area contributed by atoms with E-state index in [9.17, 15) is 4.79 Å². The van der Waals surface area contributed by atoms with Gasteiger partial charge in [-0.3, -0.25) is 4.79 Å². The van der Waals surface area contributed by atoms with Gasteiger partial charge in [-0.2, -0.15) is 0 Å². The van der Waals surface area contributed by atoms with Crippen molar-refractivity contribution in [3.8, 4) is 0 Å². The highest BCUT2D eigenvalue weighted by Gasteiger charge is 2.21. The molecule has 19 heavy (non-hydrogen) atoms. The molecule has 0 atom stereocenters. The van der Waals surface area contributed by atoms with Crippen molar-refractivity contribution in [3.05, 3.63) is 34.9 Å². The lowest BCUT2D eigenvalue weighted by atomic mass is 9.94. The first-order valence-corrected chi connectivity index (χ1v) is 6.57. The van der Waals surface area contributed by atoms with Crippen LogP contribution in [0.15, 0.2) is 18.2 Å². The zero-order valence-electron chi connectivity index (χ0n) is 12.2. The number of nitrogens with one attached hydrogen (secondary N) is 1. The first kappa shape index (κ1) is 17.9. The second-order valence-corrected chi connectivity index (χ2v) is 5.00. The molecular formula is C15H25ClN2O. The third-order valence-corrected chi connectivity index (χ3v) is 3.86. The minimum absolute atomic E-state index is 0. The maximum atomic E-state index is 12.1. The van der Waals surface area contributed by atoms with E-state index in [4.69, 9.17) is 5.73 Å². The highest BCUT2D eigenvalue weighted by molar-refractivity contribution is 5.95. The van der Waals surface area contributed by atoms with Crippen LogP contribution in [0, 0.1) is 13.8 Å². The standard InChI is InChI=1S/C15H24N2O.ClH/c1-5-15(16,6-2)10-17-14(18)13-9-7-8-11(3)12(13)4;/h7-9H,5-6,10,16H2,1-4H3,(H,17,18);1H. The van der Waals surface area contributed by atoms with Crippen LogP contribution < -0.4 is 11.1 Å². The van der Waals surface area contributed by atoms with E-state index >= 15 is 0 Å². The van der Waals surface area contributed by atoms with Gasteiger partial charge in [-0.15, -0.1) is 12.4 Å². The number of carbonyl (C=O) groups is 1. The van der Waals surface area contributed by atoms with E-state index in [-0.39, 0.29) is 23.9 Å². The zero-order valence-corrected chi connectivity index (χ0v) is 13.1. The first-order chi connectivity index (χ1) is 8.43. The Kier molecular flexibility index (Phi) is 7.09. The van der Waals surface area contributed by atoms with Crippen LogP contribution >= 0.6 is 12.4 Å². The van der Waals surface area contributed by atoms with Gasteiger partial charge in [0.2, 0.25) is 0 Å². The molecule has 0 heterocycles. The van der Waals surface area contributed by atoms with E-state index in [1.807, 2.05) is 45.9 Å². The predicted octanol–water partition coefficient (Wildman–Crippen LogP) is 2.97. The lowest BCUT2D eigenvalue weighted by molar-refractivity contribution is 0.0941. The summed E-state index contributed by atoms with van der Waals surface area (Å²) in [6.07, 6.45) is 1.72. The molecule has 0 fully saturated rings. The highest BCUT2D eigenvalue weighted by atomic mass is 35.5. The van der Waals surface area contributed by atoms with Gasteiger partial charge < -0.3 is 11.1 Å². The summed E-state index contributed by atoms with van der Waals surface area (Å²) in [5.74, 6) is -0.0343. The molecule has 0 aromatic heterocycles. The Bertz CT molecular complexity index is 428. The van der Waals surface area contributed by atoms with Gasteiger partial charge in [0.15, 0.2) is 0 Å². The van der Waals surface area contributed by atoms with Crippen LogP contribution in [0.5, 0.6) is 0 Å². The van der Waals surface area contributed by atoms with Gasteiger partial charge >= 0.3 is 0 Å². The van der Waals surface area contributed by atoms with Gasteiger partial charge in [0, 0.05) is 17.6 Å². The quantitative estimate of drug-likeness (QED) is 0.873. The van der Waals surface area contributed by atoms with Gasteiger partial charge in [0.1, 0.15) is 0 Å². The molecule has 1 amide bonds. The Morgan fingerprint density at radius 3 is 2.37 bits per heavy atom. The Morgan fingerprint density at radius 1 is 1.26 bits per heavy atom. The van der Waals surface area contributed by atoms with Crippen molar-refractivity contribution in [2.75, 3.05) is 6.54 Å². The number of hydrogen-bond donors (Lipinski definition) is 2. The average Bonchev–Trinajstić information content (AvgIpc) is 2.39. The van der Waals surface area contributed by atoms with Crippen molar-refractivity contribution < 1.29 is 4.79 Å². The highest BCUT2D eigenvalue weighted by Crippen LogP contribution is 2.14. The molecule has 0 unspecified atom stereocenters. The number of benzene rings is 1. The molecule has 108 valence electrons. The fourth-order valence-electron chi connectivity index (χ4n) is 1.85. The summed E-state index contributed by atoms with van der Waals surface area (Å²) >= 11 is 0. The smallest absolute Gasteiger partial charge is 0.251 e. The summed E-state index contributed by atoms with van der Waals surface area (Å²) in [5, 5.41) is 2.95. The lowest BCUT2D eigenvalue weighted by Gasteiger charge is -2.27. The van der Waals surface area contributed by atoms with Gasteiger partial charge in [0.25, 0.3) is 5.91 Å². The van der Waals surface area contributed by atoms with E-state index in [1.54, 1.807) is 0 Å². The van der Waals surface area contributed by atoms with Crippen molar-refractivity contribution in [1.29, 1.82) is 0 Å². The molecule has 4 heteroatoms. The SMILES string of the molecule is CCC(N)(CC)CNC(=O)c1cccc(C)c1C.Cl. The van der Waals surface area contributed by atoms with Crippen LogP contribution in [0.2, 0.25) is 0 Å². The minimum Gasteiger partial charge on any atom is -0.350 e. The van der Waals surface area contributed by atoms with Crippen LogP contribution in [-0.2, 0) is 0 Å². The number of carbonyl (C=O) groups excluding carboxylic acids is 1. The van der Waals surface area contributed by atoms with E-state index < -0.39 is 0 Å². The molecule has 0 radical (unpaired) electrons. The van der Waals surface area contributed by atoms with Crippen LogP contribution in [0.4, 0.5) is 0 Å². The minimum atomic E-state index is -0.298. The molecule has 0 saturated carbocycles. The van der Waals surface area contributed by atoms with E-state index in [1.165, 1.54) is 0 Å². The average molecular weight is 285 g/mol. The Balaban J connectivity index is 0.00000324. The van der Waals surface area contributed by atoms with Crippen molar-refractivity contribution in [2.45, 2.75) is 46.1 Å². The van der Waals surface area contributed by atoms with Gasteiger partial charge in [-0.1, -0.05) is 26.0 Å². The Morgan fingerprint density at radius 2 is 1.84 bits per heavy atom. The maximum Gasteiger partial charge on any atom is 0.251 e. The summed E-state index contributed by atoms with van der Waals surface area (Å²) in [4.78, 5) is 12.1. The normalized spacial score (nSPS) is 10.8. The van der Waals surface area contributed by atoms with Crippen molar-refractivity contribution in [1.82, 2.24) is 5.32 Å². The third-order valence-electron chi connectivity index (χ3n) is 3.86. The van der Waals surface area contributed by atoms with Gasteiger partial charge in [-0.05, 0) is 43.9 Å². The fraction of sp³-hybridized carbons (Fsp3) is 0.533. The molecule has 0 aliphatic heterocycles. The largest absolute Gasteiger partial charge is 0.350 e. The van der Waals surface area contributed by atoms with E-state index in [0.29, 0.717) is 6.54 Å². The summed E-state index contributed by atoms with van der Waals surface area (Å²) in [5.41, 5.74) is 8.78. The number of amides is 1. The molecule has 1 aromatic rings. The summed E-state index contributed by atoms with van der Waals surface area (Å²) in [6, 6.07) is 5.78. The molecular weight excluding hydrogens is 260 g/mol. The van der Waals surface area contributed by atoms with Gasteiger partial charge in [-0.25, -0.2) is 0 Å². The number of halogens is 1. The second-order valence-electron chi connectivity index (χ2n) is 5.00. The molecule has 1 aromatic carbocycles. The Labute approximate surface area is 122 Å². The van der Waals surface area contributed by atoms with Crippen molar-refractivity contribution in [3.63, 3.8) is 0 Å². The van der Waals surface area contributed by atoms with E-state index in [2.05, 4.69) is 5.32 Å². The van der Waals surface area contributed by atoms with Crippen LogP contribution in [-0.4, -0.2) is 18.0 Å². The summed E-state index contributed by atoms with van der Waals surface area (Å²) in [7, 11) is 0. The lowest BCUT2D eigenvalue weighted by Crippen LogP contribution is -2.49. The van der Waals surface area contributed by atoms with Gasteiger partial charge in [0.05, 0.1) is 0 Å². The van der Waals surface area contributed by atoms with Crippen LogP contribution in [0.25, 0.3) is 0 Å². The van der Waals surface area contributed by atoms with Crippen molar-refractivity contribution >= 4 is 18.3 Å². The molecule has 0 bridgehead atoms. The fourth-order valence-corrected chi connectivity index (χ4v) is 1.85. The monoisotopic (exact) mass is 284 g/mol. The summed E-state index contributed by atoms with van der Waals surface area (Å²) < 4.78 is 0. The van der Waals surface area contributed by atoms with Crippen molar-refractivity contribution in [2.24, 2.45) is 5.73 Å². The van der Waals surface area contributed by atoms with Crippen LogP contribution in [0.1, 0.15) is 48.2 Å². The maximum absolute atomic E-state index is 12.1. The Hall–Kier alpha value is -1.06. The predicted molar refractivity (Wildman–Crippen MR) is 83.0 cm³/mol. The zero-order chi connectivity index (χ0) is 13.8.